The van der Waals surface area contributed by atoms with E-state index in [1.807, 2.05) is 6.07 Å². The van der Waals surface area contributed by atoms with E-state index in [0.29, 0.717) is 11.5 Å². The highest BCUT2D eigenvalue weighted by Gasteiger charge is 2.22. The highest BCUT2D eigenvalue weighted by Crippen LogP contribution is 2.25. The predicted octanol–water partition coefficient (Wildman–Crippen LogP) is 1.23. The van der Waals surface area contributed by atoms with E-state index in [0.717, 1.165) is 0 Å². The van der Waals surface area contributed by atoms with Crippen LogP contribution in [0.25, 0.3) is 0 Å². The molecule has 0 spiro atoms. The van der Waals surface area contributed by atoms with Crippen LogP contribution < -0.4 is 15.2 Å². The van der Waals surface area contributed by atoms with Gasteiger partial charge < -0.3 is 15.2 Å². The average Bonchev–Trinajstić information content (AvgIpc) is 2.26. The van der Waals surface area contributed by atoms with Crippen LogP contribution in [0.5, 0.6) is 11.5 Å². The maximum atomic E-state index is 11.8. The second kappa shape index (κ2) is 6.25. The van der Waals surface area contributed by atoms with E-state index in [2.05, 4.69) is 0 Å². The van der Waals surface area contributed by atoms with Crippen LogP contribution in [0.2, 0.25) is 0 Å². The van der Waals surface area contributed by atoms with Crippen LogP contribution in [0.1, 0.15) is 13.8 Å². The van der Waals surface area contributed by atoms with Crippen LogP contribution >= 0.6 is 0 Å². The Labute approximate surface area is 114 Å². The largest absolute Gasteiger partial charge is 0.493 e. The molecule has 0 saturated carbocycles. The SMILES string of the molecule is COc1ccccc1OCCS(=O)(=O)CC(C)(C)N. The zero-order valence-electron chi connectivity index (χ0n) is 11.5. The topological polar surface area (TPSA) is 78.6 Å². The molecule has 1 aromatic rings. The number of para-hydroxylation sites is 2. The van der Waals surface area contributed by atoms with Gasteiger partial charge in [0.1, 0.15) is 6.61 Å². The maximum absolute atomic E-state index is 11.8. The number of methoxy groups -OCH3 is 1. The molecule has 0 saturated heterocycles. The minimum atomic E-state index is -3.22. The van der Waals surface area contributed by atoms with E-state index in [-0.39, 0.29) is 18.1 Å². The fraction of sp³-hybridized carbons (Fsp3) is 0.538. The van der Waals surface area contributed by atoms with Gasteiger partial charge in [-0.1, -0.05) is 12.1 Å². The second-order valence-electron chi connectivity index (χ2n) is 5.08. The lowest BCUT2D eigenvalue weighted by molar-refractivity contribution is 0.311. The van der Waals surface area contributed by atoms with Gasteiger partial charge in [0.15, 0.2) is 21.3 Å². The molecule has 0 heterocycles. The fourth-order valence-corrected chi connectivity index (χ4v) is 3.27. The first-order valence-corrected chi connectivity index (χ1v) is 7.81. The van der Waals surface area contributed by atoms with E-state index in [1.54, 1.807) is 32.0 Å². The van der Waals surface area contributed by atoms with Gasteiger partial charge in [-0.25, -0.2) is 8.42 Å². The van der Waals surface area contributed by atoms with Crippen molar-refractivity contribution in [2.45, 2.75) is 19.4 Å². The third-order valence-electron chi connectivity index (χ3n) is 2.31. The number of ether oxygens (including phenoxy) is 2. The minimum absolute atomic E-state index is 0.0602. The molecule has 2 N–H and O–H groups in total. The standard InChI is InChI=1S/C13H21NO4S/c1-13(2,14)10-19(15,16)9-8-18-12-7-5-4-6-11(12)17-3/h4-7H,8-10,14H2,1-3H3. The summed E-state index contributed by atoms with van der Waals surface area (Å²) >= 11 is 0. The Hall–Kier alpha value is -1.27. The van der Waals surface area contributed by atoms with Crippen molar-refractivity contribution >= 4 is 9.84 Å². The third-order valence-corrected chi connectivity index (χ3v) is 4.29. The molecule has 0 amide bonds. The average molecular weight is 287 g/mol. The van der Waals surface area contributed by atoms with Crippen molar-refractivity contribution in [2.24, 2.45) is 5.73 Å². The van der Waals surface area contributed by atoms with Crippen LogP contribution in [0.4, 0.5) is 0 Å². The monoisotopic (exact) mass is 287 g/mol. The fourth-order valence-electron chi connectivity index (χ4n) is 1.66. The van der Waals surface area contributed by atoms with E-state index in [1.165, 1.54) is 7.11 Å². The van der Waals surface area contributed by atoms with Crippen molar-refractivity contribution in [2.75, 3.05) is 25.2 Å². The first-order valence-electron chi connectivity index (χ1n) is 5.99. The number of rotatable bonds is 7. The highest BCUT2D eigenvalue weighted by atomic mass is 32.2. The summed E-state index contributed by atoms with van der Waals surface area (Å²) in [6.07, 6.45) is 0. The Bertz CT molecular complexity index is 506. The molecule has 1 rings (SSSR count). The summed E-state index contributed by atoms with van der Waals surface area (Å²) < 4.78 is 34.1. The third kappa shape index (κ3) is 5.94. The van der Waals surface area contributed by atoms with Crippen molar-refractivity contribution in [3.05, 3.63) is 24.3 Å². The van der Waals surface area contributed by atoms with Crippen molar-refractivity contribution in [3.63, 3.8) is 0 Å². The van der Waals surface area contributed by atoms with Crippen molar-refractivity contribution in [3.8, 4) is 11.5 Å². The summed E-state index contributed by atoms with van der Waals surface area (Å²) in [7, 11) is -1.68. The van der Waals surface area contributed by atoms with Crippen LogP contribution in [-0.2, 0) is 9.84 Å². The Balaban J connectivity index is 2.55. The summed E-state index contributed by atoms with van der Waals surface area (Å²) in [6.45, 7) is 3.45. The quantitative estimate of drug-likeness (QED) is 0.816. The summed E-state index contributed by atoms with van der Waals surface area (Å²) in [5, 5.41) is 0. The van der Waals surface area contributed by atoms with Gasteiger partial charge >= 0.3 is 0 Å². The molecule has 1 aromatic carbocycles. The maximum Gasteiger partial charge on any atom is 0.161 e. The summed E-state index contributed by atoms with van der Waals surface area (Å²) in [4.78, 5) is 0. The second-order valence-corrected chi connectivity index (χ2v) is 7.26. The summed E-state index contributed by atoms with van der Waals surface area (Å²) in [5.74, 6) is 0.993. The molecule has 0 aliphatic heterocycles. The van der Waals surface area contributed by atoms with Gasteiger partial charge in [0.05, 0.1) is 18.6 Å². The molecule has 0 aliphatic rings. The Morgan fingerprint density at radius 1 is 1.21 bits per heavy atom. The van der Waals surface area contributed by atoms with E-state index < -0.39 is 15.4 Å². The molecular weight excluding hydrogens is 266 g/mol. The molecule has 0 bridgehead atoms. The van der Waals surface area contributed by atoms with Gasteiger partial charge in [-0.2, -0.15) is 0 Å². The lowest BCUT2D eigenvalue weighted by atomic mass is 10.1. The van der Waals surface area contributed by atoms with Crippen LogP contribution in [0, 0.1) is 0 Å². The van der Waals surface area contributed by atoms with E-state index in [4.69, 9.17) is 15.2 Å². The molecule has 108 valence electrons. The Morgan fingerprint density at radius 2 is 1.79 bits per heavy atom. The molecule has 0 atom stereocenters. The molecule has 5 nitrogen and oxygen atoms in total. The number of hydrogen-bond donors (Lipinski definition) is 1. The van der Waals surface area contributed by atoms with Crippen molar-refractivity contribution < 1.29 is 17.9 Å². The highest BCUT2D eigenvalue weighted by molar-refractivity contribution is 7.91. The number of benzene rings is 1. The zero-order valence-corrected chi connectivity index (χ0v) is 12.4. The number of nitrogens with two attached hydrogens (primary N) is 1. The molecule has 0 fully saturated rings. The van der Waals surface area contributed by atoms with Crippen LogP contribution in [0.15, 0.2) is 24.3 Å². The molecular formula is C13H21NO4S. The normalized spacial score (nSPS) is 12.2. The lowest BCUT2D eigenvalue weighted by Crippen LogP contribution is -2.41. The summed E-state index contributed by atoms with van der Waals surface area (Å²) in [6, 6.07) is 7.11. The smallest absolute Gasteiger partial charge is 0.161 e. The van der Waals surface area contributed by atoms with Gasteiger partial charge in [0, 0.05) is 5.54 Å². The van der Waals surface area contributed by atoms with Gasteiger partial charge in [0.25, 0.3) is 0 Å². The molecule has 0 aromatic heterocycles. The molecule has 6 heteroatoms. The Kier molecular flexibility index (Phi) is 5.20. The predicted molar refractivity (Wildman–Crippen MR) is 75.4 cm³/mol. The number of sulfone groups is 1. The van der Waals surface area contributed by atoms with Crippen molar-refractivity contribution in [1.82, 2.24) is 0 Å². The first kappa shape index (κ1) is 15.8. The zero-order chi connectivity index (χ0) is 14.5. The molecule has 0 unspecified atom stereocenters. The molecule has 19 heavy (non-hydrogen) atoms. The van der Waals surface area contributed by atoms with Crippen LogP contribution in [0.3, 0.4) is 0 Å². The van der Waals surface area contributed by atoms with E-state index in [9.17, 15) is 8.42 Å². The van der Waals surface area contributed by atoms with Gasteiger partial charge in [-0.05, 0) is 26.0 Å². The number of hydrogen-bond acceptors (Lipinski definition) is 5. The van der Waals surface area contributed by atoms with Gasteiger partial charge in [0.2, 0.25) is 0 Å². The van der Waals surface area contributed by atoms with Crippen LogP contribution in [-0.4, -0.2) is 39.2 Å². The van der Waals surface area contributed by atoms with E-state index >= 15 is 0 Å². The molecule has 0 radical (unpaired) electrons. The minimum Gasteiger partial charge on any atom is -0.493 e. The first-order chi connectivity index (χ1) is 8.73. The lowest BCUT2D eigenvalue weighted by Gasteiger charge is -2.18. The van der Waals surface area contributed by atoms with Gasteiger partial charge in [-0.15, -0.1) is 0 Å². The Morgan fingerprint density at radius 3 is 2.32 bits per heavy atom. The van der Waals surface area contributed by atoms with Gasteiger partial charge in [-0.3, -0.25) is 0 Å². The van der Waals surface area contributed by atoms with Crippen molar-refractivity contribution in [1.29, 1.82) is 0 Å². The summed E-state index contributed by atoms with van der Waals surface area (Å²) in [5.41, 5.74) is 4.98. The molecule has 0 aliphatic carbocycles.